The summed E-state index contributed by atoms with van der Waals surface area (Å²) in [7, 11) is 1.46. The quantitative estimate of drug-likeness (QED) is 0.848. The van der Waals surface area contributed by atoms with Crippen molar-refractivity contribution in [3.8, 4) is 0 Å². The molecule has 0 aliphatic carbocycles. The molecule has 0 aliphatic rings. The van der Waals surface area contributed by atoms with Gasteiger partial charge in [0.25, 0.3) is 5.91 Å². The van der Waals surface area contributed by atoms with Gasteiger partial charge in [0, 0.05) is 22.8 Å². The SMILES string of the molecule is COCc1c(C(=O)NC(C(=O)O)C(C)C)sc2cccc(F)c12. The highest BCUT2D eigenvalue weighted by molar-refractivity contribution is 7.21. The first-order chi connectivity index (χ1) is 10.9. The van der Waals surface area contributed by atoms with Crippen molar-refractivity contribution in [3.63, 3.8) is 0 Å². The van der Waals surface area contributed by atoms with E-state index < -0.39 is 23.7 Å². The molecule has 1 unspecified atom stereocenters. The van der Waals surface area contributed by atoms with E-state index in [4.69, 9.17) is 4.74 Å². The third-order valence-electron chi connectivity index (χ3n) is 3.48. The molecule has 0 bridgehead atoms. The topological polar surface area (TPSA) is 75.6 Å². The van der Waals surface area contributed by atoms with Crippen LogP contribution >= 0.6 is 11.3 Å². The highest BCUT2D eigenvalue weighted by Gasteiger charge is 2.27. The van der Waals surface area contributed by atoms with E-state index in [0.29, 0.717) is 15.6 Å². The van der Waals surface area contributed by atoms with Crippen molar-refractivity contribution in [1.82, 2.24) is 5.32 Å². The van der Waals surface area contributed by atoms with Crippen LogP contribution in [0.4, 0.5) is 4.39 Å². The third-order valence-corrected chi connectivity index (χ3v) is 4.67. The Kier molecular flexibility index (Phi) is 5.33. The van der Waals surface area contributed by atoms with Crippen LogP contribution in [0.15, 0.2) is 18.2 Å². The summed E-state index contributed by atoms with van der Waals surface area (Å²) in [5.41, 5.74) is 0.441. The number of hydrogen-bond acceptors (Lipinski definition) is 4. The molecule has 5 nitrogen and oxygen atoms in total. The van der Waals surface area contributed by atoms with Gasteiger partial charge in [-0.2, -0.15) is 0 Å². The van der Waals surface area contributed by atoms with Gasteiger partial charge >= 0.3 is 5.97 Å². The summed E-state index contributed by atoms with van der Waals surface area (Å²) in [6, 6.07) is 3.61. The first-order valence-corrected chi connectivity index (χ1v) is 7.91. The molecule has 1 atom stereocenters. The number of aliphatic carboxylic acids is 1. The van der Waals surface area contributed by atoms with Gasteiger partial charge in [-0.05, 0) is 18.1 Å². The van der Waals surface area contributed by atoms with Crippen molar-refractivity contribution >= 4 is 33.3 Å². The lowest BCUT2D eigenvalue weighted by Gasteiger charge is -2.17. The van der Waals surface area contributed by atoms with Gasteiger partial charge < -0.3 is 15.2 Å². The molecular weight excluding hydrogens is 321 g/mol. The zero-order valence-electron chi connectivity index (χ0n) is 13.1. The molecule has 2 aromatic rings. The molecule has 0 aliphatic heterocycles. The molecular formula is C16H18FNO4S. The maximum Gasteiger partial charge on any atom is 0.326 e. The van der Waals surface area contributed by atoms with Crippen LogP contribution in [0.1, 0.15) is 29.1 Å². The van der Waals surface area contributed by atoms with Crippen molar-refractivity contribution in [3.05, 3.63) is 34.5 Å². The maximum absolute atomic E-state index is 14.1. The number of carbonyl (C=O) groups excluding carboxylic acids is 1. The van der Waals surface area contributed by atoms with Crippen LogP contribution in [0.25, 0.3) is 10.1 Å². The van der Waals surface area contributed by atoms with E-state index in [9.17, 15) is 19.1 Å². The number of carboxylic acid groups (broad SMARTS) is 1. The van der Waals surface area contributed by atoms with Gasteiger partial charge in [-0.3, -0.25) is 4.79 Å². The Morgan fingerprint density at radius 2 is 2.09 bits per heavy atom. The summed E-state index contributed by atoms with van der Waals surface area (Å²) in [6.07, 6.45) is 0. The summed E-state index contributed by atoms with van der Waals surface area (Å²) >= 11 is 1.13. The van der Waals surface area contributed by atoms with Crippen LogP contribution in [0, 0.1) is 11.7 Å². The molecule has 1 aromatic heterocycles. The summed E-state index contributed by atoms with van der Waals surface area (Å²) in [5, 5.41) is 12.1. The van der Waals surface area contributed by atoms with Gasteiger partial charge in [0.1, 0.15) is 11.9 Å². The molecule has 1 aromatic carbocycles. The second kappa shape index (κ2) is 7.06. The van der Waals surface area contributed by atoms with E-state index in [-0.39, 0.29) is 17.4 Å². The number of nitrogens with one attached hydrogen (secondary N) is 1. The molecule has 1 amide bonds. The predicted molar refractivity (Wildman–Crippen MR) is 86.2 cm³/mol. The third kappa shape index (κ3) is 3.51. The number of carbonyl (C=O) groups is 2. The number of carboxylic acids is 1. The van der Waals surface area contributed by atoms with Crippen LogP contribution in [0.5, 0.6) is 0 Å². The summed E-state index contributed by atoms with van der Waals surface area (Å²) in [6.45, 7) is 3.49. The number of halogens is 1. The normalized spacial score (nSPS) is 12.6. The number of methoxy groups -OCH3 is 1. The lowest BCUT2D eigenvalue weighted by Crippen LogP contribution is -2.44. The van der Waals surface area contributed by atoms with Gasteiger partial charge in [0.05, 0.1) is 11.5 Å². The molecule has 2 rings (SSSR count). The molecule has 1 heterocycles. The van der Waals surface area contributed by atoms with Crippen LogP contribution in [0.3, 0.4) is 0 Å². The number of benzene rings is 1. The molecule has 0 saturated heterocycles. The lowest BCUT2D eigenvalue weighted by molar-refractivity contribution is -0.140. The Morgan fingerprint density at radius 3 is 2.65 bits per heavy atom. The standard InChI is InChI=1S/C16H18FNO4S/c1-8(2)13(16(20)21)18-15(19)14-9(7-22-3)12-10(17)5-4-6-11(12)23-14/h4-6,8,13H,7H2,1-3H3,(H,18,19)(H,20,21). The Labute approximate surface area is 137 Å². The molecule has 124 valence electrons. The minimum atomic E-state index is -1.10. The second-order valence-electron chi connectivity index (χ2n) is 5.49. The number of ether oxygens (including phenoxy) is 1. The maximum atomic E-state index is 14.1. The zero-order chi connectivity index (χ0) is 17.1. The van der Waals surface area contributed by atoms with Crippen molar-refractivity contribution in [2.45, 2.75) is 26.5 Å². The van der Waals surface area contributed by atoms with Gasteiger partial charge in [0.2, 0.25) is 0 Å². The van der Waals surface area contributed by atoms with Crippen LogP contribution in [0.2, 0.25) is 0 Å². The number of rotatable bonds is 6. The van der Waals surface area contributed by atoms with E-state index in [2.05, 4.69) is 5.32 Å². The number of hydrogen-bond donors (Lipinski definition) is 2. The van der Waals surface area contributed by atoms with E-state index in [1.165, 1.54) is 13.2 Å². The van der Waals surface area contributed by atoms with E-state index in [0.717, 1.165) is 11.3 Å². The molecule has 0 saturated carbocycles. The van der Waals surface area contributed by atoms with E-state index in [1.807, 2.05) is 0 Å². The molecule has 2 N–H and O–H groups in total. The minimum Gasteiger partial charge on any atom is -0.480 e. The van der Waals surface area contributed by atoms with Gasteiger partial charge in [-0.1, -0.05) is 19.9 Å². The highest BCUT2D eigenvalue weighted by Crippen LogP contribution is 2.33. The van der Waals surface area contributed by atoms with Crippen molar-refractivity contribution in [2.24, 2.45) is 5.92 Å². The molecule has 23 heavy (non-hydrogen) atoms. The van der Waals surface area contributed by atoms with Crippen LogP contribution < -0.4 is 5.32 Å². The molecule has 0 spiro atoms. The summed E-state index contributed by atoms with van der Waals surface area (Å²) in [4.78, 5) is 24.0. The number of thiophene rings is 1. The smallest absolute Gasteiger partial charge is 0.326 e. The van der Waals surface area contributed by atoms with Gasteiger partial charge in [0.15, 0.2) is 0 Å². The fraction of sp³-hybridized carbons (Fsp3) is 0.375. The van der Waals surface area contributed by atoms with Crippen molar-refractivity contribution in [2.75, 3.05) is 7.11 Å². The Morgan fingerprint density at radius 1 is 1.39 bits per heavy atom. The van der Waals surface area contributed by atoms with Gasteiger partial charge in [-0.15, -0.1) is 11.3 Å². The lowest BCUT2D eigenvalue weighted by atomic mass is 10.0. The Balaban J connectivity index is 2.46. The minimum absolute atomic E-state index is 0.0725. The highest BCUT2D eigenvalue weighted by atomic mass is 32.1. The van der Waals surface area contributed by atoms with Crippen molar-refractivity contribution < 1.29 is 23.8 Å². The van der Waals surface area contributed by atoms with Crippen LogP contribution in [-0.2, 0) is 16.1 Å². The van der Waals surface area contributed by atoms with Crippen molar-refractivity contribution in [1.29, 1.82) is 0 Å². The first kappa shape index (κ1) is 17.4. The molecule has 7 heteroatoms. The van der Waals surface area contributed by atoms with Gasteiger partial charge in [-0.25, -0.2) is 9.18 Å². The number of amides is 1. The largest absolute Gasteiger partial charge is 0.480 e. The first-order valence-electron chi connectivity index (χ1n) is 7.09. The second-order valence-corrected chi connectivity index (χ2v) is 6.54. The summed E-state index contributed by atoms with van der Waals surface area (Å²) in [5.74, 6) is -2.33. The van der Waals surface area contributed by atoms with E-state index >= 15 is 0 Å². The monoisotopic (exact) mass is 339 g/mol. The molecule has 0 fully saturated rings. The van der Waals surface area contributed by atoms with E-state index in [1.54, 1.807) is 26.0 Å². The predicted octanol–water partition coefficient (Wildman–Crippen LogP) is 3.03. The number of fused-ring (bicyclic) bond motifs is 1. The van der Waals surface area contributed by atoms with Crippen LogP contribution in [-0.4, -0.2) is 30.1 Å². The Bertz CT molecular complexity index is 741. The average molecular weight is 339 g/mol. The molecule has 0 radical (unpaired) electrons. The Hall–Kier alpha value is -1.99. The fourth-order valence-corrected chi connectivity index (χ4v) is 3.48. The zero-order valence-corrected chi connectivity index (χ0v) is 13.9. The average Bonchev–Trinajstić information content (AvgIpc) is 2.84. The fourth-order valence-electron chi connectivity index (χ4n) is 2.35. The summed E-state index contributed by atoms with van der Waals surface area (Å²) < 4.78 is 19.8.